The van der Waals surface area contributed by atoms with Crippen molar-refractivity contribution in [3.63, 3.8) is 0 Å². The number of hydrogen-bond donors (Lipinski definition) is 1. The van der Waals surface area contributed by atoms with Crippen LogP contribution >= 0.6 is 0 Å². The van der Waals surface area contributed by atoms with E-state index in [1.54, 1.807) is 0 Å². The molecule has 0 saturated carbocycles. The monoisotopic (exact) mass is 298 g/mol. The van der Waals surface area contributed by atoms with Crippen LogP contribution in [0.4, 0.5) is 0 Å². The summed E-state index contributed by atoms with van der Waals surface area (Å²) in [6, 6.07) is 0. The molecule has 4 nitrogen and oxygen atoms in total. The first-order valence-corrected chi connectivity index (χ1v) is 8.68. The number of likely N-dealkylation sites (N-methyl/N-ethyl adjacent to an activating group) is 1. The predicted octanol–water partition coefficient (Wildman–Crippen LogP) is 2.14. The fourth-order valence-electron chi connectivity index (χ4n) is 3.63. The van der Waals surface area contributed by atoms with E-state index in [0.29, 0.717) is 12.0 Å². The van der Waals surface area contributed by atoms with Crippen molar-refractivity contribution in [2.75, 3.05) is 53.0 Å². The van der Waals surface area contributed by atoms with E-state index in [0.717, 1.165) is 46.0 Å². The smallest absolute Gasteiger partial charge is 0.0702 e. The summed E-state index contributed by atoms with van der Waals surface area (Å²) >= 11 is 0. The highest BCUT2D eigenvalue weighted by Gasteiger charge is 2.34. The summed E-state index contributed by atoms with van der Waals surface area (Å²) < 4.78 is 11.6. The van der Waals surface area contributed by atoms with Crippen LogP contribution in [-0.4, -0.2) is 64.1 Å². The standard InChI is InChI=1S/C17H34N2O2/c1-15(2)10-18-12-17(7-5-8-20-14-17)13-19(3)11-16-6-4-9-21-16/h15-16,18H,4-14H2,1-3H3. The topological polar surface area (TPSA) is 33.7 Å². The largest absolute Gasteiger partial charge is 0.381 e. The Bertz CT molecular complexity index is 285. The molecule has 0 aromatic carbocycles. The molecule has 2 atom stereocenters. The number of nitrogens with zero attached hydrogens (tertiary/aromatic N) is 1. The molecule has 124 valence electrons. The zero-order valence-electron chi connectivity index (χ0n) is 14.2. The van der Waals surface area contributed by atoms with Gasteiger partial charge < -0.3 is 19.7 Å². The van der Waals surface area contributed by atoms with Gasteiger partial charge in [-0.15, -0.1) is 0 Å². The molecule has 0 aliphatic carbocycles. The second kappa shape index (κ2) is 8.47. The lowest BCUT2D eigenvalue weighted by atomic mass is 9.81. The molecule has 0 spiro atoms. The van der Waals surface area contributed by atoms with E-state index >= 15 is 0 Å². The zero-order valence-corrected chi connectivity index (χ0v) is 14.2. The number of ether oxygens (including phenoxy) is 2. The molecule has 0 aromatic rings. The summed E-state index contributed by atoms with van der Waals surface area (Å²) in [6.45, 7) is 11.6. The lowest BCUT2D eigenvalue weighted by Crippen LogP contribution is -2.49. The second-order valence-corrected chi connectivity index (χ2v) is 7.51. The molecule has 2 rings (SSSR count). The van der Waals surface area contributed by atoms with Crippen molar-refractivity contribution < 1.29 is 9.47 Å². The molecule has 1 N–H and O–H groups in total. The van der Waals surface area contributed by atoms with Gasteiger partial charge in [0.05, 0.1) is 12.7 Å². The van der Waals surface area contributed by atoms with E-state index in [1.807, 2.05) is 0 Å². The summed E-state index contributed by atoms with van der Waals surface area (Å²) in [6.07, 6.45) is 5.35. The Morgan fingerprint density at radius 1 is 1.29 bits per heavy atom. The fourth-order valence-corrected chi connectivity index (χ4v) is 3.63. The Morgan fingerprint density at radius 2 is 2.14 bits per heavy atom. The highest BCUT2D eigenvalue weighted by molar-refractivity contribution is 4.87. The molecule has 2 aliphatic heterocycles. The Labute approximate surface area is 130 Å². The lowest BCUT2D eigenvalue weighted by Gasteiger charge is -2.40. The number of nitrogens with one attached hydrogen (secondary N) is 1. The van der Waals surface area contributed by atoms with Gasteiger partial charge in [0, 0.05) is 38.3 Å². The van der Waals surface area contributed by atoms with Crippen LogP contribution in [0.1, 0.15) is 39.5 Å². The molecular formula is C17H34N2O2. The molecule has 4 heteroatoms. The third-order valence-corrected chi connectivity index (χ3v) is 4.60. The molecular weight excluding hydrogens is 264 g/mol. The summed E-state index contributed by atoms with van der Waals surface area (Å²) in [5, 5.41) is 3.66. The van der Waals surface area contributed by atoms with Gasteiger partial charge in [0.15, 0.2) is 0 Å². The Balaban J connectivity index is 1.82. The van der Waals surface area contributed by atoms with Crippen LogP contribution in [0, 0.1) is 11.3 Å². The number of hydrogen-bond acceptors (Lipinski definition) is 4. The molecule has 2 fully saturated rings. The van der Waals surface area contributed by atoms with E-state index in [2.05, 4.69) is 31.1 Å². The van der Waals surface area contributed by atoms with Gasteiger partial charge in [0.25, 0.3) is 0 Å². The summed E-state index contributed by atoms with van der Waals surface area (Å²) in [5.74, 6) is 0.705. The van der Waals surface area contributed by atoms with Crippen LogP contribution in [0.5, 0.6) is 0 Å². The van der Waals surface area contributed by atoms with Gasteiger partial charge in [-0.1, -0.05) is 13.8 Å². The van der Waals surface area contributed by atoms with Crippen molar-refractivity contribution >= 4 is 0 Å². The molecule has 2 heterocycles. The summed E-state index contributed by atoms with van der Waals surface area (Å²) in [7, 11) is 2.24. The maximum atomic E-state index is 5.82. The quantitative estimate of drug-likeness (QED) is 0.744. The molecule has 0 aromatic heterocycles. The molecule has 2 aliphatic rings. The minimum Gasteiger partial charge on any atom is -0.381 e. The van der Waals surface area contributed by atoms with Crippen molar-refractivity contribution in [3.8, 4) is 0 Å². The number of rotatable bonds is 8. The van der Waals surface area contributed by atoms with Crippen LogP contribution in [0.25, 0.3) is 0 Å². The van der Waals surface area contributed by atoms with Crippen molar-refractivity contribution in [1.82, 2.24) is 10.2 Å². The first-order valence-electron chi connectivity index (χ1n) is 8.68. The van der Waals surface area contributed by atoms with E-state index in [1.165, 1.54) is 25.7 Å². The van der Waals surface area contributed by atoms with Crippen LogP contribution in [0.15, 0.2) is 0 Å². The maximum Gasteiger partial charge on any atom is 0.0702 e. The van der Waals surface area contributed by atoms with Crippen molar-refractivity contribution in [3.05, 3.63) is 0 Å². The van der Waals surface area contributed by atoms with Gasteiger partial charge in [-0.25, -0.2) is 0 Å². The minimum absolute atomic E-state index is 0.278. The van der Waals surface area contributed by atoms with E-state index < -0.39 is 0 Å². The van der Waals surface area contributed by atoms with Crippen molar-refractivity contribution in [1.29, 1.82) is 0 Å². The average Bonchev–Trinajstić information content (AvgIpc) is 2.91. The maximum absolute atomic E-state index is 5.82. The van der Waals surface area contributed by atoms with E-state index in [9.17, 15) is 0 Å². The van der Waals surface area contributed by atoms with Gasteiger partial charge in [0.1, 0.15) is 0 Å². The fraction of sp³-hybridized carbons (Fsp3) is 1.00. The molecule has 21 heavy (non-hydrogen) atoms. The Hall–Kier alpha value is -0.160. The average molecular weight is 298 g/mol. The van der Waals surface area contributed by atoms with Crippen LogP contribution < -0.4 is 5.32 Å². The van der Waals surface area contributed by atoms with Gasteiger partial charge >= 0.3 is 0 Å². The lowest BCUT2D eigenvalue weighted by molar-refractivity contribution is -0.0290. The van der Waals surface area contributed by atoms with Crippen molar-refractivity contribution in [2.45, 2.75) is 45.6 Å². The molecule has 0 radical (unpaired) electrons. The van der Waals surface area contributed by atoms with Gasteiger partial charge in [-0.05, 0) is 45.2 Å². The van der Waals surface area contributed by atoms with Gasteiger partial charge in [0.2, 0.25) is 0 Å². The van der Waals surface area contributed by atoms with Gasteiger partial charge in [-0.2, -0.15) is 0 Å². The van der Waals surface area contributed by atoms with E-state index in [4.69, 9.17) is 9.47 Å². The first-order chi connectivity index (χ1) is 10.1. The van der Waals surface area contributed by atoms with Crippen LogP contribution in [0.2, 0.25) is 0 Å². The molecule has 2 unspecified atom stereocenters. The zero-order chi connectivity index (χ0) is 15.1. The van der Waals surface area contributed by atoms with E-state index in [-0.39, 0.29) is 5.41 Å². The highest BCUT2D eigenvalue weighted by atomic mass is 16.5. The third kappa shape index (κ3) is 5.85. The summed E-state index contributed by atoms with van der Waals surface area (Å²) in [4.78, 5) is 2.46. The first kappa shape index (κ1) is 17.2. The Morgan fingerprint density at radius 3 is 2.76 bits per heavy atom. The summed E-state index contributed by atoms with van der Waals surface area (Å²) in [5.41, 5.74) is 0.278. The van der Waals surface area contributed by atoms with Gasteiger partial charge in [-0.3, -0.25) is 0 Å². The normalized spacial score (nSPS) is 30.4. The minimum atomic E-state index is 0.278. The molecule has 0 bridgehead atoms. The predicted molar refractivity (Wildman–Crippen MR) is 86.7 cm³/mol. The SMILES string of the molecule is CC(C)CNCC1(CN(C)CC2CCCO2)CCCOC1. The van der Waals surface area contributed by atoms with Crippen LogP contribution in [0.3, 0.4) is 0 Å². The third-order valence-electron chi connectivity index (χ3n) is 4.60. The van der Waals surface area contributed by atoms with Crippen LogP contribution in [-0.2, 0) is 9.47 Å². The van der Waals surface area contributed by atoms with Crippen molar-refractivity contribution in [2.24, 2.45) is 11.3 Å². The second-order valence-electron chi connectivity index (χ2n) is 7.51. The molecule has 2 saturated heterocycles. The highest BCUT2D eigenvalue weighted by Crippen LogP contribution is 2.29. The Kier molecular flexibility index (Phi) is 6.93. The molecule has 0 amide bonds.